The highest BCUT2D eigenvalue weighted by molar-refractivity contribution is 14.1. The molecule has 1 heterocycles. The number of alkyl halides is 3. The Morgan fingerprint density at radius 3 is 2.45 bits per heavy atom. The Morgan fingerprint density at radius 1 is 1.12 bits per heavy atom. The molecular formula is C29H33F3IN3O6. The van der Waals surface area contributed by atoms with Crippen molar-refractivity contribution in [1.29, 1.82) is 0 Å². The number of carbonyl (C=O) groups excluding carboxylic acids is 2. The quantitative estimate of drug-likeness (QED) is 0.327. The molecule has 1 fully saturated rings. The molecule has 0 bridgehead atoms. The van der Waals surface area contributed by atoms with Crippen LogP contribution in [0.4, 0.5) is 13.2 Å². The molecule has 2 amide bonds. The highest BCUT2D eigenvalue weighted by Crippen LogP contribution is 2.32. The summed E-state index contributed by atoms with van der Waals surface area (Å²) in [6.45, 7) is 2.65. The smallest absolute Gasteiger partial charge is 0.416 e. The molecule has 2 aliphatic rings. The van der Waals surface area contributed by atoms with Crippen LogP contribution in [0.2, 0.25) is 0 Å². The summed E-state index contributed by atoms with van der Waals surface area (Å²) < 4.78 is 51.9. The minimum atomic E-state index is -4.56. The topological polar surface area (TPSA) is 112 Å². The Labute approximate surface area is 255 Å². The van der Waals surface area contributed by atoms with Crippen molar-refractivity contribution in [3.05, 3.63) is 74.9 Å². The van der Waals surface area contributed by atoms with Crippen LogP contribution in [0, 0.1) is 3.57 Å². The van der Waals surface area contributed by atoms with Gasteiger partial charge in [-0.3, -0.25) is 14.5 Å². The number of halogens is 4. The van der Waals surface area contributed by atoms with E-state index >= 15 is 0 Å². The van der Waals surface area contributed by atoms with E-state index in [0.717, 1.165) is 27.8 Å². The van der Waals surface area contributed by atoms with Gasteiger partial charge >= 0.3 is 6.18 Å². The van der Waals surface area contributed by atoms with Crippen molar-refractivity contribution in [1.82, 2.24) is 15.1 Å². The van der Waals surface area contributed by atoms with Crippen LogP contribution in [0.3, 0.4) is 0 Å². The molecule has 13 heteroatoms. The Bertz CT molecular complexity index is 1250. The fourth-order valence-corrected chi connectivity index (χ4v) is 5.44. The fourth-order valence-electron chi connectivity index (χ4n) is 4.93. The van der Waals surface area contributed by atoms with Crippen molar-refractivity contribution in [2.24, 2.45) is 0 Å². The van der Waals surface area contributed by atoms with Crippen LogP contribution >= 0.6 is 22.6 Å². The molecule has 1 aliphatic heterocycles. The summed E-state index contributed by atoms with van der Waals surface area (Å²) in [7, 11) is 0. The zero-order chi connectivity index (χ0) is 30.3. The van der Waals surface area contributed by atoms with Crippen molar-refractivity contribution in [3.63, 3.8) is 0 Å². The summed E-state index contributed by atoms with van der Waals surface area (Å²) in [5.74, 6) is -0.582. The van der Waals surface area contributed by atoms with Gasteiger partial charge in [0.2, 0.25) is 5.91 Å². The number of amides is 2. The van der Waals surface area contributed by atoms with E-state index in [0.29, 0.717) is 38.6 Å². The molecule has 2 aromatic carbocycles. The second kappa shape index (κ2) is 14.6. The van der Waals surface area contributed by atoms with Gasteiger partial charge in [-0.1, -0.05) is 12.1 Å². The van der Waals surface area contributed by atoms with Gasteiger partial charge in [0.25, 0.3) is 5.91 Å². The summed E-state index contributed by atoms with van der Waals surface area (Å²) >= 11 is 2.09. The van der Waals surface area contributed by atoms with Gasteiger partial charge in [-0.05, 0) is 65.1 Å². The number of aliphatic hydroxyl groups is 2. The molecular weight excluding hydrogens is 670 g/mol. The van der Waals surface area contributed by atoms with Crippen molar-refractivity contribution in [2.45, 2.75) is 30.8 Å². The lowest BCUT2D eigenvalue weighted by molar-refractivity contribution is -0.137. The van der Waals surface area contributed by atoms with E-state index in [9.17, 15) is 33.0 Å². The number of hydrogen-bond acceptors (Lipinski definition) is 7. The molecule has 0 unspecified atom stereocenters. The lowest BCUT2D eigenvalue weighted by Gasteiger charge is -2.41. The number of aliphatic hydroxyl groups excluding tert-OH is 2. The molecule has 228 valence electrons. The highest BCUT2D eigenvalue weighted by atomic mass is 127. The summed E-state index contributed by atoms with van der Waals surface area (Å²) in [6.07, 6.45) is -5.35. The molecule has 0 aromatic heterocycles. The van der Waals surface area contributed by atoms with Crippen molar-refractivity contribution in [2.75, 3.05) is 52.5 Å². The zero-order valence-corrected chi connectivity index (χ0v) is 24.9. The molecule has 4 rings (SSSR count). The first kappa shape index (κ1) is 32.2. The maximum atomic E-state index is 13.9. The Kier molecular flexibility index (Phi) is 11.2. The van der Waals surface area contributed by atoms with Gasteiger partial charge in [0.05, 0.1) is 35.0 Å². The molecule has 2 aromatic rings. The number of ether oxygens (including phenoxy) is 2. The Balaban J connectivity index is 1.67. The molecule has 0 spiro atoms. The standard InChI is InChI=1S/C29H33F3IN3O6/c30-29(31,32)21-7-5-19(6-8-21)28(40)36(11-10-35-12-15-41-16-13-35)23-17-20(27(39)34-9-14-37)18-25(26(23)38)42-24-4-2-1-3-22(24)33/h1-8,18,23,25-26,37-38H,9-17H2,(H,34,39)/t23-,25+,26+/m1/s1. The van der Waals surface area contributed by atoms with Crippen LogP contribution < -0.4 is 10.1 Å². The van der Waals surface area contributed by atoms with E-state index in [-0.39, 0.29) is 37.3 Å². The zero-order valence-electron chi connectivity index (χ0n) is 22.7. The molecule has 1 aliphatic carbocycles. The highest BCUT2D eigenvalue weighted by Gasteiger charge is 2.41. The lowest BCUT2D eigenvalue weighted by atomic mass is 9.87. The van der Waals surface area contributed by atoms with E-state index in [4.69, 9.17) is 9.47 Å². The van der Waals surface area contributed by atoms with Crippen LogP contribution in [0.25, 0.3) is 0 Å². The third-order valence-corrected chi connectivity index (χ3v) is 8.09. The Hall–Kier alpha value is -2.72. The van der Waals surface area contributed by atoms with Gasteiger partial charge < -0.3 is 29.9 Å². The monoisotopic (exact) mass is 703 g/mol. The minimum absolute atomic E-state index is 0.0106. The first-order valence-corrected chi connectivity index (χ1v) is 14.6. The number of rotatable bonds is 10. The SMILES string of the molecule is O=C(NCCO)C1=C[C@H](Oc2ccccc2I)[C@@H](O)[C@H](N(CCN2CCOCC2)C(=O)c2ccc(C(F)(F)F)cc2)C1. The molecule has 3 N–H and O–H groups in total. The van der Waals surface area contributed by atoms with Crippen LogP contribution in [0.15, 0.2) is 60.2 Å². The fraction of sp³-hybridized carbons (Fsp3) is 0.448. The van der Waals surface area contributed by atoms with Gasteiger partial charge in [0, 0.05) is 50.3 Å². The second-order valence-corrected chi connectivity index (χ2v) is 11.1. The molecule has 9 nitrogen and oxygen atoms in total. The Morgan fingerprint density at radius 2 is 1.81 bits per heavy atom. The molecule has 0 saturated carbocycles. The normalized spacial score (nSPS) is 21.4. The summed E-state index contributed by atoms with van der Waals surface area (Å²) in [5, 5.41) is 23.4. The van der Waals surface area contributed by atoms with Crippen LogP contribution in [0.5, 0.6) is 5.75 Å². The first-order valence-electron chi connectivity index (χ1n) is 13.6. The molecule has 42 heavy (non-hydrogen) atoms. The molecule has 3 atom stereocenters. The number of nitrogens with zero attached hydrogens (tertiary/aromatic N) is 2. The van der Waals surface area contributed by atoms with E-state index in [1.165, 1.54) is 11.0 Å². The van der Waals surface area contributed by atoms with E-state index in [1.54, 1.807) is 12.1 Å². The predicted molar refractivity (Wildman–Crippen MR) is 156 cm³/mol. The number of hydrogen-bond donors (Lipinski definition) is 3. The van der Waals surface area contributed by atoms with Gasteiger partial charge in [-0.25, -0.2) is 0 Å². The van der Waals surface area contributed by atoms with E-state index in [2.05, 4.69) is 32.8 Å². The molecule has 1 saturated heterocycles. The van der Waals surface area contributed by atoms with Crippen molar-refractivity contribution >= 4 is 34.4 Å². The third-order valence-electron chi connectivity index (χ3n) is 7.20. The van der Waals surface area contributed by atoms with Crippen molar-refractivity contribution in [3.8, 4) is 5.75 Å². The predicted octanol–water partition coefficient (Wildman–Crippen LogP) is 2.70. The van der Waals surface area contributed by atoms with Crippen LogP contribution in [0.1, 0.15) is 22.3 Å². The second-order valence-electron chi connectivity index (χ2n) is 9.97. The average molecular weight is 703 g/mol. The number of para-hydroxylation sites is 1. The van der Waals surface area contributed by atoms with Gasteiger partial charge in [-0.15, -0.1) is 0 Å². The van der Waals surface area contributed by atoms with E-state index in [1.807, 2.05) is 12.1 Å². The summed E-state index contributed by atoms with van der Waals surface area (Å²) in [5.41, 5.74) is -0.604. The summed E-state index contributed by atoms with van der Waals surface area (Å²) in [4.78, 5) is 30.4. The maximum absolute atomic E-state index is 13.9. The van der Waals surface area contributed by atoms with Gasteiger partial charge in [0.15, 0.2) is 0 Å². The lowest BCUT2D eigenvalue weighted by Crippen LogP contribution is -2.56. The van der Waals surface area contributed by atoms with Crippen molar-refractivity contribution < 1.29 is 42.4 Å². The average Bonchev–Trinajstić information content (AvgIpc) is 2.98. The number of benzene rings is 2. The summed E-state index contributed by atoms with van der Waals surface area (Å²) in [6, 6.07) is 10.1. The van der Waals surface area contributed by atoms with Crippen LogP contribution in [-0.4, -0.2) is 103 Å². The maximum Gasteiger partial charge on any atom is 0.416 e. The number of nitrogens with one attached hydrogen (secondary N) is 1. The van der Waals surface area contributed by atoms with E-state index < -0.39 is 41.8 Å². The third kappa shape index (κ3) is 8.22. The first-order chi connectivity index (χ1) is 20.1. The number of morpholine rings is 1. The number of carbonyl (C=O) groups is 2. The van der Waals surface area contributed by atoms with Gasteiger partial charge in [0.1, 0.15) is 18.0 Å². The van der Waals surface area contributed by atoms with Gasteiger partial charge in [-0.2, -0.15) is 13.2 Å². The molecule has 0 radical (unpaired) electrons. The largest absolute Gasteiger partial charge is 0.482 e. The minimum Gasteiger partial charge on any atom is -0.482 e. The van der Waals surface area contributed by atoms with Crippen LogP contribution in [-0.2, 0) is 15.7 Å².